The molecule has 1 atom stereocenters. The van der Waals surface area contributed by atoms with Gasteiger partial charge in [0, 0.05) is 55.6 Å². The summed E-state index contributed by atoms with van der Waals surface area (Å²) in [5, 5.41) is 14.2. The topological polar surface area (TPSA) is 129 Å². The predicted molar refractivity (Wildman–Crippen MR) is 123 cm³/mol. The summed E-state index contributed by atoms with van der Waals surface area (Å²) in [6, 6.07) is 9.84. The molecule has 218 valence electrons. The van der Waals surface area contributed by atoms with Crippen molar-refractivity contribution in [3.8, 4) is 11.5 Å². The SMILES string of the molecule is O=C(O)C(F)(F)F.O=C(O)C(F)(F)F.O=C1CC2(CCN(Cc3cccnc3)C2)CN1c1ccc2c(c1)OCO2. The molecule has 40 heavy (non-hydrogen) atoms. The van der Waals surface area contributed by atoms with Crippen LogP contribution < -0.4 is 14.4 Å². The van der Waals surface area contributed by atoms with Gasteiger partial charge < -0.3 is 24.6 Å². The van der Waals surface area contributed by atoms with Crippen LogP contribution in [0.25, 0.3) is 0 Å². The first-order chi connectivity index (χ1) is 18.6. The number of halogens is 6. The van der Waals surface area contributed by atoms with Gasteiger partial charge in [0.1, 0.15) is 0 Å². The highest BCUT2D eigenvalue weighted by atomic mass is 19.4. The fraction of sp³-hybridized carbons (Fsp3) is 0.417. The molecule has 5 rings (SSSR count). The molecule has 1 spiro atoms. The second kappa shape index (κ2) is 12.0. The average molecular weight is 579 g/mol. The zero-order chi connectivity index (χ0) is 29.7. The van der Waals surface area contributed by atoms with Gasteiger partial charge >= 0.3 is 24.3 Å². The van der Waals surface area contributed by atoms with Gasteiger partial charge in [-0.1, -0.05) is 6.07 Å². The fourth-order valence-corrected chi connectivity index (χ4v) is 4.37. The van der Waals surface area contributed by atoms with Crippen molar-refractivity contribution < 1.29 is 60.4 Å². The summed E-state index contributed by atoms with van der Waals surface area (Å²) in [5.74, 6) is -3.84. The van der Waals surface area contributed by atoms with Crippen molar-refractivity contribution in [1.82, 2.24) is 9.88 Å². The Balaban J connectivity index is 0.000000263. The van der Waals surface area contributed by atoms with Crippen LogP contribution in [0.4, 0.5) is 32.0 Å². The molecule has 2 saturated heterocycles. The highest BCUT2D eigenvalue weighted by Crippen LogP contribution is 2.44. The van der Waals surface area contributed by atoms with Gasteiger partial charge in [0.05, 0.1) is 0 Å². The Morgan fingerprint density at radius 2 is 1.60 bits per heavy atom. The minimum atomic E-state index is -5.08. The van der Waals surface area contributed by atoms with Gasteiger partial charge in [0.2, 0.25) is 12.7 Å². The summed E-state index contributed by atoms with van der Waals surface area (Å²) >= 11 is 0. The number of pyridine rings is 1. The number of fused-ring (bicyclic) bond motifs is 1. The lowest BCUT2D eigenvalue weighted by Gasteiger charge is -2.24. The molecule has 1 amide bonds. The molecule has 4 heterocycles. The summed E-state index contributed by atoms with van der Waals surface area (Å²) in [4.78, 5) is 39.1. The molecule has 0 radical (unpaired) electrons. The van der Waals surface area contributed by atoms with E-state index in [9.17, 15) is 31.1 Å². The molecular weight excluding hydrogens is 556 g/mol. The number of carbonyl (C=O) groups excluding carboxylic acids is 1. The number of alkyl halides is 6. The van der Waals surface area contributed by atoms with Crippen molar-refractivity contribution in [1.29, 1.82) is 0 Å². The van der Waals surface area contributed by atoms with Crippen molar-refractivity contribution in [2.24, 2.45) is 5.41 Å². The third-order valence-electron chi connectivity index (χ3n) is 6.12. The quantitative estimate of drug-likeness (QED) is 0.523. The highest BCUT2D eigenvalue weighted by molar-refractivity contribution is 5.96. The zero-order valence-electron chi connectivity index (χ0n) is 20.5. The van der Waals surface area contributed by atoms with E-state index < -0.39 is 24.3 Å². The Morgan fingerprint density at radius 3 is 2.17 bits per heavy atom. The standard InChI is InChI=1S/C20H21N3O3.2C2HF3O2/c24-19-9-20(5-7-22(12-20)11-15-2-1-6-21-10-15)13-23(19)16-3-4-17-18(8-16)26-14-25-17;2*3-2(4,5)1(6)7/h1-4,6,8,10H,5,7,9,11-14H2;2*(H,6,7). The van der Waals surface area contributed by atoms with E-state index in [1.165, 1.54) is 5.56 Å². The van der Waals surface area contributed by atoms with Gasteiger partial charge in [-0.3, -0.25) is 14.7 Å². The maximum Gasteiger partial charge on any atom is 0.490 e. The first-order valence-corrected chi connectivity index (χ1v) is 11.5. The Morgan fingerprint density at radius 1 is 0.975 bits per heavy atom. The fourth-order valence-electron chi connectivity index (χ4n) is 4.37. The van der Waals surface area contributed by atoms with Crippen LogP contribution in [0, 0.1) is 5.41 Å². The second-order valence-electron chi connectivity index (χ2n) is 9.12. The molecule has 2 N–H and O–H groups in total. The van der Waals surface area contributed by atoms with E-state index in [-0.39, 0.29) is 18.1 Å². The molecule has 1 aromatic carbocycles. The van der Waals surface area contributed by atoms with Gasteiger partial charge in [0.15, 0.2) is 11.5 Å². The molecule has 0 aliphatic carbocycles. The summed E-state index contributed by atoms with van der Waals surface area (Å²) in [5.41, 5.74) is 2.18. The molecule has 0 bridgehead atoms. The molecule has 2 fully saturated rings. The highest BCUT2D eigenvalue weighted by Gasteiger charge is 2.48. The van der Waals surface area contributed by atoms with Crippen molar-refractivity contribution in [2.75, 3.05) is 31.3 Å². The molecule has 1 aromatic heterocycles. The molecule has 3 aliphatic heterocycles. The minimum absolute atomic E-state index is 0.0513. The van der Waals surface area contributed by atoms with E-state index in [0.29, 0.717) is 6.42 Å². The lowest BCUT2D eigenvalue weighted by molar-refractivity contribution is -0.193. The molecule has 1 unspecified atom stereocenters. The molecule has 2 aromatic rings. The first kappa shape index (κ1) is 30.5. The molecule has 10 nitrogen and oxygen atoms in total. The average Bonchev–Trinajstić information content (AvgIpc) is 3.57. The van der Waals surface area contributed by atoms with Gasteiger partial charge in [0.25, 0.3) is 0 Å². The number of ether oxygens (including phenoxy) is 2. The Labute approximate surface area is 222 Å². The summed E-state index contributed by atoms with van der Waals surface area (Å²) in [6.45, 7) is 3.90. The van der Waals surface area contributed by atoms with Crippen molar-refractivity contribution in [3.05, 3.63) is 48.3 Å². The summed E-state index contributed by atoms with van der Waals surface area (Å²) in [6.07, 6.45) is -4.78. The largest absolute Gasteiger partial charge is 0.490 e. The van der Waals surface area contributed by atoms with Crippen LogP contribution in [0.2, 0.25) is 0 Å². The number of benzene rings is 1. The van der Waals surface area contributed by atoms with Crippen LogP contribution in [0.5, 0.6) is 11.5 Å². The van der Waals surface area contributed by atoms with E-state index in [1.54, 1.807) is 6.20 Å². The normalized spacial score (nSPS) is 20.1. The number of aromatic nitrogens is 1. The number of amides is 1. The predicted octanol–water partition coefficient (Wildman–Crippen LogP) is 3.71. The van der Waals surface area contributed by atoms with E-state index in [2.05, 4.69) is 16.0 Å². The van der Waals surface area contributed by atoms with Crippen LogP contribution in [0.1, 0.15) is 18.4 Å². The second-order valence-corrected chi connectivity index (χ2v) is 9.12. The Kier molecular flexibility index (Phi) is 9.12. The minimum Gasteiger partial charge on any atom is -0.475 e. The number of carbonyl (C=O) groups is 3. The zero-order valence-corrected chi connectivity index (χ0v) is 20.5. The Hall–Kier alpha value is -4.08. The van der Waals surface area contributed by atoms with Crippen molar-refractivity contribution in [3.63, 3.8) is 0 Å². The van der Waals surface area contributed by atoms with Crippen LogP contribution in [0.15, 0.2) is 42.7 Å². The molecular formula is C24H23F6N3O7. The maximum absolute atomic E-state index is 12.7. The number of nitrogens with zero attached hydrogens (tertiary/aromatic N) is 3. The molecule has 0 saturated carbocycles. The van der Waals surface area contributed by atoms with Gasteiger partial charge in [-0.2, -0.15) is 26.3 Å². The monoisotopic (exact) mass is 579 g/mol. The molecule has 16 heteroatoms. The lowest BCUT2D eigenvalue weighted by atomic mass is 9.86. The van der Waals surface area contributed by atoms with Gasteiger partial charge in [-0.05, 0) is 36.7 Å². The van der Waals surface area contributed by atoms with Crippen LogP contribution >= 0.6 is 0 Å². The number of hydrogen-bond acceptors (Lipinski definition) is 7. The van der Waals surface area contributed by atoms with E-state index in [4.69, 9.17) is 29.3 Å². The molecule has 3 aliphatic rings. The van der Waals surface area contributed by atoms with Gasteiger partial charge in [-0.25, -0.2) is 9.59 Å². The number of anilines is 1. The summed E-state index contributed by atoms with van der Waals surface area (Å²) in [7, 11) is 0. The van der Waals surface area contributed by atoms with E-state index in [0.717, 1.165) is 49.8 Å². The van der Waals surface area contributed by atoms with Crippen molar-refractivity contribution in [2.45, 2.75) is 31.7 Å². The number of carboxylic acid groups (broad SMARTS) is 2. The third kappa shape index (κ3) is 7.97. The van der Waals surface area contributed by atoms with Crippen molar-refractivity contribution >= 4 is 23.5 Å². The van der Waals surface area contributed by atoms with Crippen LogP contribution in [-0.2, 0) is 20.9 Å². The number of aliphatic carboxylic acids is 2. The smallest absolute Gasteiger partial charge is 0.475 e. The number of likely N-dealkylation sites (tertiary alicyclic amines) is 1. The maximum atomic E-state index is 12.7. The number of rotatable bonds is 3. The number of carboxylic acids is 2. The van der Waals surface area contributed by atoms with E-state index in [1.807, 2.05) is 35.4 Å². The first-order valence-electron chi connectivity index (χ1n) is 11.5. The Bertz CT molecular complexity index is 1200. The van der Waals surface area contributed by atoms with Crippen LogP contribution in [-0.4, -0.2) is 76.7 Å². The third-order valence-corrected chi connectivity index (χ3v) is 6.12. The van der Waals surface area contributed by atoms with Gasteiger partial charge in [-0.15, -0.1) is 0 Å². The van der Waals surface area contributed by atoms with Crippen LogP contribution in [0.3, 0.4) is 0 Å². The lowest BCUT2D eigenvalue weighted by Crippen LogP contribution is -2.31. The number of hydrogen-bond donors (Lipinski definition) is 2. The summed E-state index contributed by atoms with van der Waals surface area (Å²) < 4.78 is 74.3. The van der Waals surface area contributed by atoms with E-state index >= 15 is 0 Å².